The SMILES string of the molecule is Cc1onc(-c2ccccc2Cl)c1C(=O)NC1CCC(Oc2ncc(Cl)cn2)CC1. The molecule has 30 heavy (non-hydrogen) atoms. The molecule has 2 aromatic heterocycles. The van der Waals surface area contributed by atoms with Crippen molar-refractivity contribution in [3.8, 4) is 17.3 Å². The third-order valence-corrected chi connectivity index (χ3v) is 5.62. The van der Waals surface area contributed by atoms with Crippen LogP contribution in [0, 0.1) is 6.92 Å². The Bertz CT molecular complexity index is 1030. The van der Waals surface area contributed by atoms with Gasteiger partial charge in [0.25, 0.3) is 5.91 Å². The number of nitrogens with one attached hydrogen (secondary N) is 1. The lowest BCUT2D eigenvalue weighted by Gasteiger charge is -2.28. The molecule has 3 aromatic rings. The Labute approximate surface area is 183 Å². The van der Waals surface area contributed by atoms with Gasteiger partial charge in [-0.05, 0) is 38.7 Å². The van der Waals surface area contributed by atoms with Crippen LogP contribution in [0.4, 0.5) is 0 Å². The van der Waals surface area contributed by atoms with E-state index in [2.05, 4.69) is 20.4 Å². The van der Waals surface area contributed by atoms with E-state index in [1.54, 1.807) is 13.0 Å². The maximum Gasteiger partial charge on any atom is 0.316 e. The second-order valence-electron chi connectivity index (χ2n) is 7.19. The van der Waals surface area contributed by atoms with Crippen molar-refractivity contribution in [3.05, 3.63) is 58.0 Å². The Balaban J connectivity index is 1.38. The monoisotopic (exact) mass is 446 g/mol. The molecule has 1 aliphatic carbocycles. The van der Waals surface area contributed by atoms with Crippen molar-refractivity contribution in [2.75, 3.05) is 0 Å². The first-order valence-electron chi connectivity index (χ1n) is 9.67. The van der Waals surface area contributed by atoms with Crippen molar-refractivity contribution >= 4 is 29.1 Å². The number of aromatic nitrogens is 3. The van der Waals surface area contributed by atoms with Gasteiger partial charge in [0.2, 0.25) is 0 Å². The van der Waals surface area contributed by atoms with Gasteiger partial charge in [-0.25, -0.2) is 9.97 Å². The number of aryl methyl sites for hydroxylation is 1. The van der Waals surface area contributed by atoms with Gasteiger partial charge in [0.1, 0.15) is 23.1 Å². The number of carbonyl (C=O) groups excluding carboxylic acids is 1. The molecular weight excluding hydrogens is 427 g/mol. The van der Waals surface area contributed by atoms with E-state index in [0.29, 0.717) is 38.6 Å². The first-order valence-corrected chi connectivity index (χ1v) is 10.4. The van der Waals surface area contributed by atoms with Crippen LogP contribution >= 0.6 is 23.2 Å². The number of hydrogen-bond donors (Lipinski definition) is 1. The van der Waals surface area contributed by atoms with Gasteiger partial charge in [-0.2, -0.15) is 0 Å². The molecular formula is C21H20Cl2N4O3. The molecule has 0 radical (unpaired) electrons. The molecule has 1 fully saturated rings. The minimum absolute atomic E-state index is 0.00958. The Morgan fingerprint density at radius 2 is 1.83 bits per heavy atom. The van der Waals surface area contributed by atoms with Crippen LogP contribution in [-0.4, -0.2) is 33.2 Å². The third-order valence-electron chi connectivity index (χ3n) is 5.10. The Hall–Kier alpha value is -2.64. The summed E-state index contributed by atoms with van der Waals surface area (Å²) < 4.78 is 11.1. The lowest BCUT2D eigenvalue weighted by Crippen LogP contribution is -2.40. The zero-order valence-corrected chi connectivity index (χ0v) is 17.8. The fraction of sp³-hybridized carbons (Fsp3) is 0.333. The second kappa shape index (κ2) is 9.02. The van der Waals surface area contributed by atoms with E-state index in [1.807, 2.05) is 18.2 Å². The molecule has 1 amide bonds. The number of benzene rings is 1. The second-order valence-corrected chi connectivity index (χ2v) is 8.03. The van der Waals surface area contributed by atoms with Crippen molar-refractivity contribution in [2.24, 2.45) is 0 Å². The molecule has 7 nitrogen and oxygen atoms in total. The summed E-state index contributed by atoms with van der Waals surface area (Å²) in [5.74, 6) is 0.244. The average molecular weight is 447 g/mol. The molecule has 0 saturated heterocycles. The predicted molar refractivity (Wildman–Crippen MR) is 113 cm³/mol. The predicted octanol–water partition coefficient (Wildman–Crippen LogP) is 4.87. The zero-order chi connectivity index (χ0) is 21.1. The summed E-state index contributed by atoms with van der Waals surface area (Å²) in [5.41, 5.74) is 1.53. The number of nitrogens with zero attached hydrogens (tertiary/aromatic N) is 3. The molecule has 1 saturated carbocycles. The first kappa shape index (κ1) is 20.6. The van der Waals surface area contributed by atoms with Crippen LogP contribution in [-0.2, 0) is 0 Å². The van der Waals surface area contributed by atoms with Crippen LogP contribution in [0.25, 0.3) is 11.3 Å². The normalized spacial score (nSPS) is 18.8. The third kappa shape index (κ3) is 4.57. The number of ether oxygens (including phenoxy) is 1. The van der Waals surface area contributed by atoms with Crippen molar-refractivity contribution in [1.29, 1.82) is 0 Å². The highest BCUT2D eigenvalue weighted by Crippen LogP contribution is 2.31. The molecule has 0 atom stereocenters. The summed E-state index contributed by atoms with van der Waals surface area (Å²) in [6, 6.07) is 7.60. The molecule has 1 N–H and O–H groups in total. The Kier molecular flexibility index (Phi) is 6.20. The molecule has 1 aromatic carbocycles. The van der Waals surface area contributed by atoms with Gasteiger partial charge in [-0.1, -0.05) is 46.6 Å². The molecule has 0 aliphatic heterocycles. The molecule has 1 aliphatic rings. The molecule has 0 spiro atoms. The molecule has 0 unspecified atom stereocenters. The highest BCUT2D eigenvalue weighted by atomic mass is 35.5. The molecule has 0 bridgehead atoms. The summed E-state index contributed by atoms with van der Waals surface area (Å²) in [4.78, 5) is 21.1. The summed E-state index contributed by atoms with van der Waals surface area (Å²) in [6.45, 7) is 1.72. The van der Waals surface area contributed by atoms with E-state index in [9.17, 15) is 4.79 Å². The van der Waals surface area contributed by atoms with Crippen molar-refractivity contribution in [2.45, 2.75) is 44.8 Å². The molecule has 9 heteroatoms. The van der Waals surface area contributed by atoms with Crippen LogP contribution < -0.4 is 10.1 Å². The average Bonchev–Trinajstić information content (AvgIpc) is 3.13. The van der Waals surface area contributed by atoms with Crippen molar-refractivity contribution in [1.82, 2.24) is 20.4 Å². The maximum atomic E-state index is 13.0. The van der Waals surface area contributed by atoms with E-state index < -0.39 is 0 Å². The minimum atomic E-state index is -0.214. The lowest BCUT2D eigenvalue weighted by molar-refractivity contribution is 0.0884. The highest BCUT2D eigenvalue weighted by molar-refractivity contribution is 6.33. The van der Waals surface area contributed by atoms with Gasteiger partial charge in [-0.15, -0.1) is 0 Å². The van der Waals surface area contributed by atoms with Crippen LogP contribution in [0.5, 0.6) is 6.01 Å². The largest absolute Gasteiger partial charge is 0.460 e. The van der Waals surface area contributed by atoms with E-state index in [-0.39, 0.29) is 18.1 Å². The number of rotatable bonds is 5. The van der Waals surface area contributed by atoms with Gasteiger partial charge >= 0.3 is 6.01 Å². The molecule has 156 valence electrons. The van der Waals surface area contributed by atoms with Gasteiger partial charge < -0.3 is 14.6 Å². The fourth-order valence-corrected chi connectivity index (χ4v) is 3.89. The Morgan fingerprint density at radius 3 is 2.53 bits per heavy atom. The van der Waals surface area contributed by atoms with Crippen LogP contribution in [0.15, 0.2) is 41.2 Å². The lowest BCUT2D eigenvalue weighted by atomic mass is 9.92. The summed E-state index contributed by atoms with van der Waals surface area (Å²) in [7, 11) is 0. The summed E-state index contributed by atoms with van der Waals surface area (Å²) in [5, 5.41) is 8.14. The topological polar surface area (TPSA) is 90.1 Å². The highest BCUT2D eigenvalue weighted by Gasteiger charge is 2.28. The Morgan fingerprint density at radius 1 is 1.13 bits per heavy atom. The van der Waals surface area contributed by atoms with Gasteiger partial charge in [-0.3, -0.25) is 4.79 Å². The van der Waals surface area contributed by atoms with Crippen molar-refractivity contribution < 1.29 is 14.1 Å². The first-order chi connectivity index (χ1) is 14.5. The van der Waals surface area contributed by atoms with E-state index in [0.717, 1.165) is 25.7 Å². The smallest absolute Gasteiger partial charge is 0.316 e. The zero-order valence-electron chi connectivity index (χ0n) is 16.3. The number of halogens is 2. The maximum absolute atomic E-state index is 13.0. The quantitative estimate of drug-likeness (QED) is 0.601. The number of amides is 1. The van der Waals surface area contributed by atoms with E-state index in [1.165, 1.54) is 12.4 Å². The summed E-state index contributed by atoms with van der Waals surface area (Å²) in [6.07, 6.45) is 6.18. The molecule has 2 heterocycles. The van der Waals surface area contributed by atoms with Crippen molar-refractivity contribution in [3.63, 3.8) is 0 Å². The van der Waals surface area contributed by atoms with Crippen LogP contribution in [0.1, 0.15) is 41.8 Å². The summed E-state index contributed by atoms with van der Waals surface area (Å²) >= 11 is 12.1. The molecule has 4 rings (SSSR count). The van der Waals surface area contributed by atoms with Crippen LogP contribution in [0.2, 0.25) is 10.0 Å². The van der Waals surface area contributed by atoms with E-state index in [4.69, 9.17) is 32.5 Å². The fourth-order valence-electron chi connectivity index (χ4n) is 3.57. The minimum Gasteiger partial charge on any atom is -0.460 e. The van der Waals surface area contributed by atoms with E-state index >= 15 is 0 Å². The number of hydrogen-bond acceptors (Lipinski definition) is 6. The van der Waals surface area contributed by atoms with Crippen LogP contribution in [0.3, 0.4) is 0 Å². The van der Waals surface area contributed by atoms with Gasteiger partial charge in [0, 0.05) is 11.6 Å². The number of carbonyl (C=O) groups is 1. The van der Waals surface area contributed by atoms with Gasteiger partial charge in [0.15, 0.2) is 0 Å². The van der Waals surface area contributed by atoms with Gasteiger partial charge in [0.05, 0.1) is 22.4 Å². The standard InChI is InChI=1S/C21H20Cl2N4O3/c1-12-18(19(27-30-12)16-4-2-3-5-17(16)23)20(28)26-14-6-8-15(9-7-14)29-21-24-10-13(22)11-25-21/h2-5,10-11,14-15H,6-9H2,1H3,(H,26,28).